The van der Waals surface area contributed by atoms with Gasteiger partial charge >= 0.3 is 0 Å². The minimum Gasteiger partial charge on any atom is -0.343 e. The Kier molecular flexibility index (Phi) is 3.26. The van der Waals surface area contributed by atoms with Gasteiger partial charge in [0, 0.05) is 11.2 Å². The molecule has 1 atom stereocenters. The number of fused-ring (bicyclic) bond motifs is 1. The van der Waals surface area contributed by atoms with Gasteiger partial charge in [0.25, 0.3) is 0 Å². The maximum atomic E-state index is 11.1. The smallest absolute Gasteiger partial charge is 0.213 e. The van der Waals surface area contributed by atoms with Crippen LogP contribution in [0.25, 0.3) is 12.2 Å². The first-order chi connectivity index (χ1) is 7.79. The molecule has 1 aliphatic carbocycles. The Morgan fingerprint density at radius 2 is 2.19 bits per heavy atom. The van der Waals surface area contributed by atoms with Crippen LogP contribution in [-0.4, -0.2) is 20.6 Å². The number of benzene rings is 1. The van der Waals surface area contributed by atoms with Crippen LogP contribution in [0.15, 0.2) is 40.3 Å². The van der Waals surface area contributed by atoms with Gasteiger partial charge in [-0.05, 0) is 17.2 Å². The third-order valence-corrected chi connectivity index (χ3v) is 3.10. The molecule has 16 heavy (non-hydrogen) atoms. The summed E-state index contributed by atoms with van der Waals surface area (Å²) in [5.41, 5.74) is 2.35. The van der Waals surface area contributed by atoms with Crippen LogP contribution < -0.4 is 0 Å². The van der Waals surface area contributed by atoms with Gasteiger partial charge in [0.05, 0.1) is 10.8 Å². The van der Waals surface area contributed by atoms with Gasteiger partial charge in [0.15, 0.2) is 6.33 Å². The molecule has 0 fully saturated rings. The molecule has 0 saturated carbocycles. The quantitative estimate of drug-likeness (QED) is 0.646. The summed E-state index contributed by atoms with van der Waals surface area (Å²) in [4.78, 5) is 4.39. The highest BCUT2D eigenvalue weighted by atomic mass is 32.2. The van der Waals surface area contributed by atoms with E-state index in [1.165, 1.54) is 18.3 Å². The van der Waals surface area contributed by atoms with Crippen molar-refractivity contribution in [3.63, 3.8) is 0 Å². The van der Waals surface area contributed by atoms with Gasteiger partial charge in [-0.2, -0.15) is 0 Å². The molecule has 82 valence electrons. The summed E-state index contributed by atoms with van der Waals surface area (Å²) < 4.78 is 15.4. The molecule has 1 heterocycles. The highest BCUT2D eigenvalue weighted by Crippen LogP contribution is 2.28. The molecule has 0 aliphatic heterocycles. The first-order valence-corrected chi connectivity index (χ1v) is 6.18. The molecule has 0 bridgehead atoms. The highest BCUT2D eigenvalue weighted by Gasteiger charge is 2.11. The molecule has 0 N–H and O–H groups in total. The predicted molar refractivity (Wildman–Crippen MR) is 62.0 cm³/mol. The van der Waals surface area contributed by atoms with Crippen molar-refractivity contribution in [1.29, 1.82) is 0 Å². The zero-order valence-electron chi connectivity index (χ0n) is 8.66. The standard InChI is InChI=1S/C9H8OS.C2H2N2O/c1-11(10)9-4-2-3-7-5-6-8(7)9;1-3-2-5-4-1/h2-6H,1H3;1-2H. The van der Waals surface area contributed by atoms with Crippen molar-refractivity contribution in [2.24, 2.45) is 0 Å². The summed E-state index contributed by atoms with van der Waals surface area (Å²) in [5.74, 6) is 0. The van der Waals surface area contributed by atoms with E-state index in [4.69, 9.17) is 0 Å². The van der Waals surface area contributed by atoms with Gasteiger partial charge in [-0.1, -0.05) is 29.4 Å². The molecule has 1 unspecified atom stereocenters. The summed E-state index contributed by atoms with van der Waals surface area (Å²) in [6, 6.07) is 5.89. The van der Waals surface area contributed by atoms with E-state index in [2.05, 4.69) is 14.7 Å². The minimum absolute atomic E-state index is 0.851. The first-order valence-electron chi connectivity index (χ1n) is 4.63. The molecule has 5 heteroatoms. The van der Waals surface area contributed by atoms with Crippen LogP contribution in [0.3, 0.4) is 0 Å². The fraction of sp³-hybridized carbons (Fsp3) is 0.0909. The van der Waals surface area contributed by atoms with Crippen molar-refractivity contribution in [2.75, 3.05) is 6.26 Å². The maximum absolute atomic E-state index is 11.1. The Balaban J connectivity index is 0.000000162. The van der Waals surface area contributed by atoms with Crippen molar-refractivity contribution in [1.82, 2.24) is 10.1 Å². The van der Waals surface area contributed by atoms with Gasteiger partial charge in [0.1, 0.15) is 0 Å². The van der Waals surface area contributed by atoms with Crippen molar-refractivity contribution >= 4 is 23.0 Å². The zero-order valence-corrected chi connectivity index (χ0v) is 9.48. The average molecular weight is 234 g/mol. The molecule has 2 aromatic rings. The minimum atomic E-state index is -0.851. The lowest BCUT2D eigenvalue weighted by molar-refractivity contribution is 0.416. The van der Waals surface area contributed by atoms with Crippen LogP contribution in [0.4, 0.5) is 0 Å². The van der Waals surface area contributed by atoms with Crippen molar-refractivity contribution in [2.45, 2.75) is 4.90 Å². The van der Waals surface area contributed by atoms with Crippen molar-refractivity contribution in [3.05, 3.63) is 42.0 Å². The number of nitrogens with zero attached hydrogens (tertiary/aromatic N) is 2. The molecule has 1 aromatic carbocycles. The Morgan fingerprint density at radius 1 is 1.31 bits per heavy atom. The van der Waals surface area contributed by atoms with Crippen molar-refractivity contribution < 1.29 is 8.73 Å². The third-order valence-electron chi connectivity index (χ3n) is 2.12. The Hall–Kier alpha value is -1.75. The van der Waals surface area contributed by atoms with Crippen molar-refractivity contribution in [3.8, 4) is 0 Å². The lowest BCUT2D eigenvalue weighted by Gasteiger charge is -2.12. The maximum Gasteiger partial charge on any atom is 0.213 e. The van der Waals surface area contributed by atoms with E-state index in [-0.39, 0.29) is 0 Å². The summed E-state index contributed by atoms with van der Waals surface area (Å²) >= 11 is 0. The van der Waals surface area contributed by atoms with Gasteiger partial charge in [-0.15, -0.1) is 0 Å². The van der Waals surface area contributed by atoms with E-state index < -0.39 is 10.8 Å². The number of hydrogen-bond acceptors (Lipinski definition) is 4. The van der Waals surface area contributed by atoms with Crippen LogP contribution in [0, 0.1) is 0 Å². The lowest BCUT2D eigenvalue weighted by atomic mass is 9.98. The summed E-state index contributed by atoms with van der Waals surface area (Å²) in [7, 11) is -0.851. The summed E-state index contributed by atoms with van der Waals surface area (Å²) in [6.07, 6.45) is 8.35. The third kappa shape index (κ3) is 2.25. The molecule has 0 saturated heterocycles. The van der Waals surface area contributed by atoms with E-state index in [1.807, 2.05) is 30.4 Å². The molecule has 0 amide bonds. The monoisotopic (exact) mass is 234 g/mol. The average Bonchev–Trinajstić information content (AvgIpc) is 2.77. The van der Waals surface area contributed by atoms with Crippen LogP contribution in [0.5, 0.6) is 0 Å². The molecular weight excluding hydrogens is 224 g/mol. The molecule has 0 spiro atoms. The second kappa shape index (κ2) is 4.85. The van der Waals surface area contributed by atoms with Crippen LogP contribution in [-0.2, 0) is 10.8 Å². The van der Waals surface area contributed by atoms with E-state index in [0.717, 1.165) is 10.5 Å². The van der Waals surface area contributed by atoms with Gasteiger partial charge < -0.3 is 4.52 Å². The second-order valence-corrected chi connectivity index (χ2v) is 4.48. The first kappa shape index (κ1) is 10.8. The van der Waals surface area contributed by atoms with Gasteiger partial charge in [-0.25, -0.2) is 4.98 Å². The highest BCUT2D eigenvalue weighted by molar-refractivity contribution is 7.84. The van der Waals surface area contributed by atoms with E-state index >= 15 is 0 Å². The largest absolute Gasteiger partial charge is 0.343 e. The summed E-state index contributed by atoms with van der Waals surface area (Å²) in [6.45, 7) is 0. The predicted octanol–water partition coefficient (Wildman–Crippen LogP) is 1.98. The second-order valence-electron chi connectivity index (χ2n) is 3.13. The van der Waals surface area contributed by atoms with E-state index in [1.54, 1.807) is 6.26 Å². The topological polar surface area (TPSA) is 56.0 Å². The molecule has 0 radical (unpaired) electrons. The molecule has 1 aromatic heterocycles. The number of aromatic nitrogens is 2. The molecule has 3 rings (SSSR count). The lowest BCUT2D eigenvalue weighted by Crippen LogP contribution is -1.98. The molecule has 4 nitrogen and oxygen atoms in total. The Bertz CT molecular complexity index is 504. The van der Waals surface area contributed by atoms with Crippen LogP contribution >= 0.6 is 0 Å². The number of hydrogen-bond donors (Lipinski definition) is 0. The Morgan fingerprint density at radius 3 is 2.56 bits per heavy atom. The van der Waals surface area contributed by atoms with E-state index in [0.29, 0.717) is 0 Å². The SMILES string of the molecule is CS(=O)c1cccc2c1C=C2.c1ncon1. The fourth-order valence-corrected chi connectivity index (χ4v) is 2.11. The molecule has 1 aliphatic rings. The summed E-state index contributed by atoms with van der Waals surface area (Å²) in [5, 5.41) is 3.24. The fourth-order valence-electron chi connectivity index (χ4n) is 1.35. The number of rotatable bonds is 1. The van der Waals surface area contributed by atoms with E-state index in [9.17, 15) is 4.21 Å². The van der Waals surface area contributed by atoms with Gasteiger partial charge in [-0.3, -0.25) is 4.21 Å². The zero-order chi connectivity index (χ0) is 11.4. The Labute approximate surface area is 95.5 Å². The molecular formula is C11H10N2O2S. The normalized spacial score (nSPS) is 13.1. The van der Waals surface area contributed by atoms with Crippen LogP contribution in [0.2, 0.25) is 0 Å². The van der Waals surface area contributed by atoms with Crippen LogP contribution in [0.1, 0.15) is 11.1 Å². The van der Waals surface area contributed by atoms with Gasteiger partial charge in [0.2, 0.25) is 6.39 Å².